The summed E-state index contributed by atoms with van der Waals surface area (Å²) < 4.78 is 10.4. The van der Waals surface area contributed by atoms with Crippen molar-refractivity contribution >= 4 is 29.6 Å². The van der Waals surface area contributed by atoms with E-state index in [4.69, 9.17) is 14.6 Å². The Morgan fingerprint density at radius 3 is 2.07 bits per heavy atom. The molecule has 0 aromatic rings. The Morgan fingerprint density at radius 2 is 1.50 bits per heavy atom. The van der Waals surface area contributed by atoms with Crippen LogP contribution < -0.4 is 0 Å². The van der Waals surface area contributed by atoms with E-state index >= 15 is 0 Å². The first-order chi connectivity index (χ1) is 6.41. The van der Waals surface area contributed by atoms with E-state index in [0.29, 0.717) is 19.8 Å². The van der Waals surface area contributed by atoms with Crippen molar-refractivity contribution in [2.45, 2.75) is 32.6 Å². The van der Waals surface area contributed by atoms with Gasteiger partial charge in [-0.05, 0) is 6.42 Å². The van der Waals surface area contributed by atoms with E-state index in [1.165, 1.54) is 19.3 Å². The SMILES string of the molecule is CCCCCCOCCOCCO.[NaH]. The minimum atomic E-state index is 0. The average molecular weight is 214 g/mol. The quantitative estimate of drug-likeness (QED) is 0.434. The molecule has 4 heteroatoms. The predicted octanol–water partition coefficient (Wildman–Crippen LogP) is 0.944. The van der Waals surface area contributed by atoms with Crippen LogP contribution >= 0.6 is 0 Å². The summed E-state index contributed by atoms with van der Waals surface area (Å²) in [7, 11) is 0. The molecule has 0 atom stereocenters. The van der Waals surface area contributed by atoms with Crippen molar-refractivity contribution in [2.24, 2.45) is 0 Å². The standard InChI is InChI=1S/C10H22O3.Na.H/c1-2-3-4-5-7-12-9-10-13-8-6-11;;/h11H,2-10H2,1H3;;. The van der Waals surface area contributed by atoms with Crippen molar-refractivity contribution in [1.82, 2.24) is 0 Å². The number of aliphatic hydroxyl groups excluding tert-OH is 1. The predicted molar refractivity (Wildman–Crippen MR) is 60.0 cm³/mol. The van der Waals surface area contributed by atoms with Crippen molar-refractivity contribution in [3.63, 3.8) is 0 Å². The fraction of sp³-hybridized carbons (Fsp3) is 1.00. The first-order valence-corrected chi connectivity index (χ1v) is 5.18. The van der Waals surface area contributed by atoms with Crippen LogP contribution in [0, 0.1) is 0 Å². The van der Waals surface area contributed by atoms with Gasteiger partial charge in [0.15, 0.2) is 0 Å². The number of rotatable bonds is 10. The molecule has 0 radical (unpaired) electrons. The number of unbranched alkanes of at least 4 members (excludes halogenated alkanes) is 3. The fourth-order valence-corrected chi connectivity index (χ4v) is 1.02. The molecule has 0 spiro atoms. The van der Waals surface area contributed by atoms with Gasteiger partial charge in [-0.25, -0.2) is 0 Å². The monoisotopic (exact) mass is 214 g/mol. The maximum absolute atomic E-state index is 8.40. The molecule has 1 N–H and O–H groups in total. The average Bonchev–Trinajstić information content (AvgIpc) is 2.16. The number of ether oxygens (including phenoxy) is 2. The van der Waals surface area contributed by atoms with E-state index in [2.05, 4.69) is 6.92 Å². The summed E-state index contributed by atoms with van der Waals surface area (Å²) in [5.41, 5.74) is 0. The van der Waals surface area contributed by atoms with E-state index in [0.717, 1.165) is 13.0 Å². The summed E-state index contributed by atoms with van der Waals surface area (Å²) in [4.78, 5) is 0. The van der Waals surface area contributed by atoms with E-state index in [1.54, 1.807) is 0 Å². The van der Waals surface area contributed by atoms with Crippen LogP contribution in [-0.4, -0.2) is 67.7 Å². The third-order valence-corrected chi connectivity index (χ3v) is 1.75. The number of aliphatic hydroxyl groups is 1. The van der Waals surface area contributed by atoms with E-state index in [-0.39, 0.29) is 36.2 Å². The first-order valence-electron chi connectivity index (χ1n) is 5.18. The van der Waals surface area contributed by atoms with Crippen molar-refractivity contribution in [2.75, 3.05) is 33.0 Å². The molecule has 0 aliphatic heterocycles. The van der Waals surface area contributed by atoms with Crippen molar-refractivity contribution < 1.29 is 14.6 Å². The van der Waals surface area contributed by atoms with Gasteiger partial charge in [0.25, 0.3) is 0 Å². The topological polar surface area (TPSA) is 38.7 Å². The van der Waals surface area contributed by atoms with Crippen LogP contribution in [0.1, 0.15) is 32.6 Å². The van der Waals surface area contributed by atoms with Crippen LogP contribution in [0.15, 0.2) is 0 Å². The van der Waals surface area contributed by atoms with Crippen molar-refractivity contribution in [1.29, 1.82) is 0 Å². The van der Waals surface area contributed by atoms with Crippen molar-refractivity contribution in [3.05, 3.63) is 0 Å². The summed E-state index contributed by atoms with van der Waals surface area (Å²) in [6, 6.07) is 0. The Bertz CT molecular complexity index is 81.4. The van der Waals surface area contributed by atoms with Crippen molar-refractivity contribution in [3.8, 4) is 0 Å². The molecule has 82 valence electrons. The molecule has 0 amide bonds. The van der Waals surface area contributed by atoms with E-state index < -0.39 is 0 Å². The van der Waals surface area contributed by atoms with Gasteiger partial charge in [0.1, 0.15) is 0 Å². The van der Waals surface area contributed by atoms with Crippen LogP contribution in [0.4, 0.5) is 0 Å². The van der Waals surface area contributed by atoms with Gasteiger partial charge in [-0.1, -0.05) is 26.2 Å². The Hall–Kier alpha value is 0.880. The number of hydrogen-bond donors (Lipinski definition) is 1. The molecule has 0 heterocycles. The van der Waals surface area contributed by atoms with Gasteiger partial charge in [0, 0.05) is 6.61 Å². The van der Waals surface area contributed by atoms with E-state index in [1.807, 2.05) is 0 Å². The van der Waals surface area contributed by atoms with Gasteiger partial charge in [-0.2, -0.15) is 0 Å². The summed E-state index contributed by atoms with van der Waals surface area (Å²) >= 11 is 0. The normalized spacial score (nSPS) is 9.86. The van der Waals surface area contributed by atoms with Crippen LogP contribution in [0.5, 0.6) is 0 Å². The van der Waals surface area contributed by atoms with Gasteiger partial charge in [-0.15, -0.1) is 0 Å². The summed E-state index contributed by atoms with van der Waals surface area (Å²) in [5, 5.41) is 8.40. The minimum absolute atomic E-state index is 0. The Labute approximate surface area is 109 Å². The fourth-order valence-electron chi connectivity index (χ4n) is 1.02. The Kier molecular flexibility index (Phi) is 20.1. The second-order valence-corrected chi connectivity index (χ2v) is 3.01. The molecule has 0 saturated heterocycles. The molecule has 3 nitrogen and oxygen atoms in total. The molecule has 0 aliphatic rings. The molecule has 14 heavy (non-hydrogen) atoms. The molecule has 0 aliphatic carbocycles. The molecule has 0 rings (SSSR count). The Balaban J connectivity index is 0. The Morgan fingerprint density at radius 1 is 0.857 bits per heavy atom. The molecule has 0 aromatic carbocycles. The van der Waals surface area contributed by atoms with Crippen LogP contribution in [0.25, 0.3) is 0 Å². The molecule has 0 fully saturated rings. The number of hydrogen-bond acceptors (Lipinski definition) is 3. The van der Waals surface area contributed by atoms with E-state index in [9.17, 15) is 0 Å². The zero-order valence-corrected chi connectivity index (χ0v) is 8.63. The summed E-state index contributed by atoms with van der Waals surface area (Å²) in [6.07, 6.45) is 4.96. The second-order valence-electron chi connectivity index (χ2n) is 3.01. The maximum atomic E-state index is 8.40. The van der Waals surface area contributed by atoms with Gasteiger partial charge >= 0.3 is 29.6 Å². The summed E-state index contributed by atoms with van der Waals surface area (Å²) in [6.45, 7) is 4.78. The molecule has 0 aromatic heterocycles. The summed E-state index contributed by atoms with van der Waals surface area (Å²) in [5.74, 6) is 0. The zero-order chi connectivity index (χ0) is 9.78. The zero-order valence-electron chi connectivity index (χ0n) is 8.63. The van der Waals surface area contributed by atoms with Gasteiger partial charge in [0.2, 0.25) is 0 Å². The van der Waals surface area contributed by atoms with Gasteiger partial charge in [0.05, 0.1) is 26.4 Å². The van der Waals surface area contributed by atoms with Crippen LogP contribution in [-0.2, 0) is 9.47 Å². The van der Waals surface area contributed by atoms with Crippen LogP contribution in [0.2, 0.25) is 0 Å². The third-order valence-electron chi connectivity index (χ3n) is 1.75. The molecule has 0 unspecified atom stereocenters. The molecule has 0 bridgehead atoms. The second kappa shape index (κ2) is 16.3. The third kappa shape index (κ3) is 15.4. The molecule has 0 saturated carbocycles. The first kappa shape index (κ1) is 17.3. The molecular weight excluding hydrogens is 191 g/mol. The van der Waals surface area contributed by atoms with Gasteiger partial charge < -0.3 is 14.6 Å². The molecular formula is C10H23NaO3. The van der Waals surface area contributed by atoms with Gasteiger partial charge in [-0.3, -0.25) is 0 Å². The van der Waals surface area contributed by atoms with Crippen LogP contribution in [0.3, 0.4) is 0 Å².